The molecule has 0 radical (unpaired) electrons. The van der Waals surface area contributed by atoms with Crippen LogP contribution in [0.4, 0.5) is 0 Å². The largest absolute Gasteiger partial charge is 0.361 e. The van der Waals surface area contributed by atoms with Crippen LogP contribution in [0.1, 0.15) is 24.3 Å². The molecule has 0 amide bonds. The Morgan fingerprint density at radius 2 is 1.91 bits per heavy atom. The van der Waals surface area contributed by atoms with Crippen LogP contribution in [-0.2, 0) is 15.4 Å². The van der Waals surface area contributed by atoms with Crippen molar-refractivity contribution in [1.29, 1.82) is 0 Å². The number of benzene rings is 1. The van der Waals surface area contributed by atoms with E-state index < -0.39 is 10.0 Å². The van der Waals surface area contributed by atoms with Gasteiger partial charge in [-0.15, -0.1) is 11.3 Å². The van der Waals surface area contributed by atoms with Crippen molar-refractivity contribution >= 4 is 32.3 Å². The topological polar surface area (TPSA) is 62.0 Å². The highest BCUT2D eigenvalue weighted by atomic mass is 32.2. The lowest BCUT2D eigenvalue weighted by Crippen LogP contribution is -2.36. The Morgan fingerprint density at radius 3 is 2.61 bits per heavy atom. The average Bonchev–Trinajstić information content (AvgIpc) is 3.12. The quantitative estimate of drug-likeness (QED) is 0.737. The number of fused-ring (bicyclic) bond motifs is 1. The second-order valence-electron chi connectivity index (χ2n) is 6.32. The number of hydrogen-bond acceptors (Lipinski definition) is 3. The molecular formula is C17H20N2O2S2. The molecule has 0 fully saturated rings. The van der Waals surface area contributed by atoms with Crippen molar-refractivity contribution in [3.05, 3.63) is 53.0 Å². The first-order valence-corrected chi connectivity index (χ1v) is 9.72. The molecule has 3 aromatic rings. The molecule has 1 aromatic carbocycles. The number of hydrogen-bond donors (Lipinski definition) is 2. The van der Waals surface area contributed by atoms with Crippen LogP contribution < -0.4 is 4.72 Å². The van der Waals surface area contributed by atoms with Crippen LogP contribution in [0.15, 0.2) is 46.8 Å². The van der Waals surface area contributed by atoms with Gasteiger partial charge in [0, 0.05) is 33.9 Å². The molecule has 0 aliphatic rings. The minimum Gasteiger partial charge on any atom is -0.361 e. The van der Waals surface area contributed by atoms with Gasteiger partial charge in [-0.25, -0.2) is 13.1 Å². The number of aromatic amines is 1. The fourth-order valence-corrected chi connectivity index (χ4v) is 5.17. The third kappa shape index (κ3) is 3.20. The van der Waals surface area contributed by atoms with Gasteiger partial charge in [0.25, 0.3) is 0 Å². The van der Waals surface area contributed by atoms with Gasteiger partial charge in [-0.2, -0.15) is 0 Å². The predicted molar refractivity (Wildman–Crippen MR) is 95.6 cm³/mol. The van der Waals surface area contributed by atoms with E-state index in [1.165, 1.54) is 11.3 Å². The first-order chi connectivity index (χ1) is 10.8. The Balaban J connectivity index is 1.84. The maximum Gasteiger partial charge on any atom is 0.250 e. The Bertz CT molecular complexity index is 936. The number of rotatable bonds is 5. The molecule has 6 heteroatoms. The summed E-state index contributed by atoms with van der Waals surface area (Å²) in [5.41, 5.74) is 1.85. The number of nitrogens with one attached hydrogen (secondary N) is 2. The van der Waals surface area contributed by atoms with E-state index >= 15 is 0 Å². The molecule has 2 heterocycles. The zero-order chi connectivity index (χ0) is 16.7. The van der Waals surface area contributed by atoms with Crippen molar-refractivity contribution in [2.75, 3.05) is 6.54 Å². The third-order valence-corrected chi connectivity index (χ3v) is 6.90. The van der Waals surface area contributed by atoms with Crippen molar-refractivity contribution in [3.63, 3.8) is 0 Å². The minimum atomic E-state index is -3.46. The lowest BCUT2D eigenvalue weighted by atomic mass is 9.85. The summed E-state index contributed by atoms with van der Waals surface area (Å²) in [7, 11) is -3.46. The number of para-hydroxylation sites is 1. The first kappa shape index (κ1) is 16.2. The molecule has 0 aliphatic carbocycles. The van der Waals surface area contributed by atoms with E-state index in [0.29, 0.717) is 10.8 Å². The maximum absolute atomic E-state index is 12.4. The SMILES string of the molecule is Cc1ccc(S(=O)(=O)NCC(C)(C)c2c[nH]c3ccccc23)s1. The smallest absolute Gasteiger partial charge is 0.250 e. The molecule has 4 nitrogen and oxygen atoms in total. The number of H-pyrrole nitrogens is 1. The zero-order valence-corrected chi connectivity index (χ0v) is 15.0. The summed E-state index contributed by atoms with van der Waals surface area (Å²) in [6.45, 7) is 6.34. The molecule has 2 N–H and O–H groups in total. The lowest BCUT2D eigenvalue weighted by molar-refractivity contribution is 0.505. The van der Waals surface area contributed by atoms with E-state index in [2.05, 4.69) is 15.8 Å². The van der Waals surface area contributed by atoms with Crippen LogP contribution in [0.2, 0.25) is 0 Å². The van der Waals surface area contributed by atoms with Crippen LogP contribution in [0.3, 0.4) is 0 Å². The highest BCUT2D eigenvalue weighted by molar-refractivity contribution is 7.91. The van der Waals surface area contributed by atoms with E-state index in [9.17, 15) is 8.42 Å². The van der Waals surface area contributed by atoms with Gasteiger partial charge in [0.15, 0.2) is 0 Å². The molecular weight excluding hydrogens is 328 g/mol. The number of aryl methyl sites for hydroxylation is 1. The Hall–Kier alpha value is -1.63. The highest BCUT2D eigenvalue weighted by Gasteiger charge is 2.27. The molecule has 0 aliphatic heterocycles. The van der Waals surface area contributed by atoms with Gasteiger partial charge in [-0.1, -0.05) is 32.0 Å². The molecule has 0 unspecified atom stereocenters. The molecule has 0 atom stereocenters. The fraction of sp³-hybridized carbons (Fsp3) is 0.294. The van der Waals surface area contributed by atoms with Crippen molar-refractivity contribution in [2.45, 2.75) is 30.4 Å². The number of aromatic nitrogens is 1. The minimum absolute atomic E-state index is 0.320. The lowest BCUT2D eigenvalue weighted by Gasteiger charge is -2.24. The van der Waals surface area contributed by atoms with E-state index in [1.54, 1.807) is 6.07 Å². The van der Waals surface area contributed by atoms with Crippen molar-refractivity contribution in [2.24, 2.45) is 0 Å². The normalized spacial score (nSPS) is 12.8. The Kier molecular flexibility index (Phi) is 4.08. The van der Waals surface area contributed by atoms with Crippen LogP contribution >= 0.6 is 11.3 Å². The summed E-state index contributed by atoms with van der Waals surface area (Å²) in [5.74, 6) is 0. The molecule has 0 saturated carbocycles. The van der Waals surface area contributed by atoms with Gasteiger partial charge in [0.1, 0.15) is 4.21 Å². The molecule has 0 spiro atoms. The number of sulfonamides is 1. The van der Waals surface area contributed by atoms with Crippen molar-refractivity contribution < 1.29 is 8.42 Å². The molecule has 0 saturated heterocycles. The standard InChI is InChI=1S/C17H20N2O2S2/c1-12-8-9-16(22-12)23(20,21)19-11-17(2,3)14-10-18-15-7-5-4-6-13(14)15/h4-10,18-19H,11H2,1-3H3. The van der Waals surface area contributed by atoms with Crippen LogP contribution in [0.5, 0.6) is 0 Å². The van der Waals surface area contributed by atoms with Gasteiger partial charge in [-0.05, 0) is 30.7 Å². The predicted octanol–water partition coefficient (Wildman–Crippen LogP) is 3.79. The second-order valence-corrected chi connectivity index (χ2v) is 9.60. The Labute approximate surface area is 140 Å². The van der Waals surface area contributed by atoms with Crippen molar-refractivity contribution in [3.8, 4) is 0 Å². The van der Waals surface area contributed by atoms with Crippen molar-refractivity contribution in [1.82, 2.24) is 9.71 Å². The van der Waals surface area contributed by atoms with Gasteiger partial charge >= 0.3 is 0 Å². The third-order valence-electron chi connectivity index (χ3n) is 4.00. The summed E-state index contributed by atoms with van der Waals surface area (Å²) in [6.07, 6.45) is 1.97. The van der Waals surface area contributed by atoms with Gasteiger partial charge in [-0.3, -0.25) is 0 Å². The average molecular weight is 348 g/mol. The molecule has 3 rings (SSSR count). The monoisotopic (exact) mass is 348 g/mol. The van der Waals surface area contributed by atoms with Crippen LogP contribution in [-0.4, -0.2) is 19.9 Å². The summed E-state index contributed by atoms with van der Waals surface area (Å²) in [6, 6.07) is 11.5. The van der Waals surface area contributed by atoms with Gasteiger partial charge < -0.3 is 4.98 Å². The summed E-state index contributed by atoms with van der Waals surface area (Å²) in [5, 5.41) is 1.13. The summed E-state index contributed by atoms with van der Waals surface area (Å²) in [4.78, 5) is 4.24. The van der Waals surface area contributed by atoms with E-state index in [4.69, 9.17) is 0 Å². The van der Waals surface area contributed by atoms with E-state index in [-0.39, 0.29) is 5.41 Å². The summed E-state index contributed by atoms with van der Waals surface area (Å²) >= 11 is 1.29. The molecule has 0 bridgehead atoms. The van der Waals surface area contributed by atoms with Gasteiger partial charge in [0.05, 0.1) is 0 Å². The molecule has 2 aromatic heterocycles. The fourth-order valence-electron chi connectivity index (χ4n) is 2.63. The molecule has 23 heavy (non-hydrogen) atoms. The zero-order valence-electron chi connectivity index (χ0n) is 13.4. The van der Waals surface area contributed by atoms with Crippen LogP contribution in [0, 0.1) is 6.92 Å². The van der Waals surface area contributed by atoms with E-state index in [0.717, 1.165) is 21.3 Å². The first-order valence-electron chi connectivity index (χ1n) is 7.42. The molecule has 122 valence electrons. The Morgan fingerprint density at radius 1 is 1.17 bits per heavy atom. The number of thiophene rings is 1. The van der Waals surface area contributed by atoms with Gasteiger partial charge in [0.2, 0.25) is 10.0 Å². The maximum atomic E-state index is 12.4. The second kappa shape index (κ2) is 5.78. The highest BCUT2D eigenvalue weighted by Crippen LogP contribution is 2.30. The van der Waals surface area contributed by atoms with Crippen LogP contribution in [0.25, 0.3) is 10.9 Å². The van der Waals surface area contributed by atoms with E-state index in [1.807, 2.05) is 51.2 Å². The summed E-state index contributed by atoms with van der Waals surface area (Å²) < 4.78 is 27.9.